The molecule has 0 aliphatic carbocycles. The number of hydrogen-bond acceptors (Lipinski definition) is 3. The highest BCUT2D eigenvalue weighted by molar-refractivity contribution is 5.76. The maximum atomic E-state index is 11.4. The standard InChI is InChI=1S/C12H18N2O2/c1-9(8-15)14-12(16)7-4-10-2-5-11(13)6-3-10/h2-3,5-6,9,15H,4,7-8,13H2,1H3,(H,14,16)/t9-/m1/s1. The molecule has 4 nitrogen and oxygen atoms in total. The molecule has 0 aromatic heterocycles. The SMILES string of the molecule is C[C@H](CO)NC(=O)CCc1ccc(N)cc1. The second-order valence-electron chi connectivity index (χ2n) is 3.89. The largest absolute Gasteiger partial charge is 0.399 e. The predicted octanol–water partition coefficient (Wildman–Crippen LogP) is 0.698. The zero-order valence-electron chi connectivity index (χ0n) is 9.44. The predicted molar refractivity (Wildman–Crippen MR) is 63.9 cm³/mol. The van der Waals surface area contributed by atoms with E-state index in [2.05, 4.69) is 5.32 Å². The zero-order chi connectivity index (χ0) is 12.0. The van der Waals surface area contributed by atoms with Gasteiger partial charge in [0.2, 0.25) is 5.91 Å². The van der Waals surface area contributed by atoms with E-state index >= 15 is 0 Å². The number of carbonyl (C=O) groups is 1. The number of anilines is 1. The summed E-state index contributed by atoms with van der Waals surface area (Å²) in [5.74, 6) is -0.0432. The van der Waals surface area contributed by atoms with Crippen molar-refractivity contribution in [3.05, 3.63) is 29.8 Å². The minimum Gasteiger partial charge on any atom is -0.399 e. The van der Waals surface area contributed by atoms with E-state index in [9.17, 15) is 4.79 Å². The first kappa shape index (κ1) is 12.5. The van der Waals surface area contributed by atoms with Crippen LogP contribution in [0.25, 0.3) is 0 Å². The number of nitrogens with two attached hydrogens (primary N) is 1. The van der Waals surface area contributed by atoms with Crippen LogP contribution >= 0.6 is 0 Å². The van der Waals surface area contributed by atoms with E-state index < -0.39 is 0 Å². The van der Waals surface area contributed by atoms with Crippen LogP contribution in [0.5, 0.6) is 0 Å². The Balaban J connectivity index is 2.34. The fourth-order valence-electron chi connectivity index (χ4n) is 1.33. The van der Waals surface area contributed by atoms with Crippen LogP contribution in [0.15, 0.2) is 24.3 Å². The molecular weight excluding hydrogens is 204 g/mol. The number of carbonyl (C=O) groups excluding carboxylic acids is 1. The Hall–Kier alpha value is -1.55. The number of aliphatic hydroxyl groups is 1. The molecule has 0 radical (unpaired) electrons. The number of nitrogens with one attached hydrogen (secondary N) is 1. The number of benzene rings is 1. The van der Waals surface area contributed by atoms with Crippen LogP contribution in [0, 0.1) is 0 Å². The van der Waals surface area contributed by atoms with E-state index in [0.717, 1.165) is 11.3 Å². The van der Waals surface area contributed by atoms with Crippen molar-refractivity contribution in [3.63, 3.8) is 0 Å². The third-order valence-electron chi connectivity index (χ3n) is 2.30. The van der Waals surface area contributed by atoms with E-state index in [-0.39, 0.29) is 18.6 Å². The van der Waals surface area contributed by atoms with Gasteiger partial charge in [0.1, 0.15) is 0 Å². The van der Waals surface area contributed by atoms with Gasteiger partial charge in [-0.2, -0.15) is 0 Å². The Bertz CT molecular complexity index is 335. The zero-order valence-corrected chi connectivity index (χ0v) is 9.44. The average molecular weight is 222 g/mol. The monoisotopic (exact) mass is 222 g/mol. The first-order valence-electron chi connectivity index (χ1n) is 5.36. The van der Waals surface area contributed by atoms with Crippen molar-refractivity contribution >= 4 is 11.6 Å². The van der Waals surface area contributed by atoms with Crippen LogP contribution in [0.2, 0.25) is 0 Å². The smallest absolute Gasteiger partial charge is 0.220 e. The van der Waals surface area contributed by atoms with Crippen LogP contribution < -0.4 is 11.1 Å². The van der Waals surface area contributed by atoms with Gasteiger partial charge in [-0.15, -0.1) is 0 Å². The van der Waals surface area contributed by atoms with Gasteiger partial charge in [0.05, 0.1) is 6.61 Å². The van der Waals surface area contributed by atoms with E-state index in [1.54, 1.807) is 6.92 Å². The Kier molecular flexibility index (Phi) is 4.79. The summed E-state index contributed by atoms with van der Waals surface area (Å²) in [6.45, 7) is 1.73. The fraction of sp³-hybridized carbons (Fsp3) is 0.417. The third kappa shape index (κ3) is 4.31. The molecule has 1 atom stereocenters. The molecule has 4 N–H and O–H groups in total. The Morgan fingerprint density at radius 2 is 2.06 bits per heavy atom. The van der Waals surface area contributed by atoms with Crippen molar-refractivity contribution in [1.29, 1.82) is 0 Å². The van der Waals surface area contributed by atoms with Gasteiger partial charge in [-0.1, -0.05) is 12.1 Å². The fourth-order valence-corrected chi connectivity index (χ4v) is 1.33. The van der Waals surface area contributed by atoms with E-state index in [0.29, 0.717) is 12.8 Å². The lowest BCUT2D eigenvalue weighted by atomic mass is 10.1. The van der Waals surface area contributed by atoms with Crippen LogP contribution in [-0.4, -0.2) is 23.7 Å². The summed E-state index contributed by atoms with van der Waals surface area (Å²) in [4.78, 5) is 11.4. The van der Waals surface area contributed by atoms with Crippen molar-refractivity contribution in [2.75, 3.05) is 12.3 Å². The summed E-state index contributed by atoms with van der Waals surface area (Å²) in [6.07, 6.45) is 1.11. The molecule has 0 saturated carbocycles. The van der Waals surface area contributed by atoms with Gasteiger partial charge in [0.15, 0.2) is 0 Å². The highest BCUT2D eigenvalue weighted by Crippen LogP contribution is 2.07. The van der Waals surface area contributed by atoms with Crippen LogP contribution in [0.3, 0.4) is 0 Å². The van der Waals surface area contributed by atoms with Gasteiger partial charge >= 0.3 is 0 Å². The molecule has 0 bridgehead atoms. The molecule has 1 rings (SSSR count). The lowest BCUT2D eigenvalue weighted by molar-refractivity contribution is -0.121. The minimum absolute atomic E-state index is 0.0341. The van der Waals surface area contributed by atoms with E-state index in [4.69, 9.17) is 10.8 Å². The molecule has 0 aliphatic rings. The van der Waals surface area contributed by atoms with Gasteiger partial charge in [-0.25, -0.2) is 0 Å². The topological polar surface area (TPSA) is 75.3 Å². The quantitative estimate of drug-likeness (QED) is 0.642. The number of nitrogen functional groups attached to an aromatic ring is 1. The first-order chi connectivity index (χ1) is 7.61. The van der Waals surface area contributed by atoms with Crippen molar-refractivity contribution in [2.45, 2.75) is 25.8 Å². The normalized spacial score (nSPS) is 12.1. The summed E-state index contributed by atoms with van der Waals surface area (Å²) in [5.41, 5.74) is 7.37. The molecule has 0 heterocycles. The van der Waals surface area contributed by atoms with E-state index in [1.807, 2.05) is 24.3 Å². The minimum atomic E-state index is -0.182. The molecule has 4 heteroatoms. The molecule has 16 heavy (non-hydrogen) atoms. The Morgan fingerprint density at radius 1 is 1.44 bits per heavy atom. The number of amides is 1. The highest BCUT2D eigenvalue weighted by Gasteiger charge is 2.05. The molecule has 1 amide bonds. The number of aryl methyl sites for hydroxylation is 1. The lowest BCUT2D eigenvalue weighted by Gasteiger charge is -2.10. The number of rotatable bonds is 5. The summed E-state index contributed by atoms with van der Waals surface area (Å²) >= 11 is 0. The van der Waals surface area contributed by atoms with Crippen molar-refractivity contribution < 1.29 is 9.90 Å². The second-order valence-corrected chi connectivity index (χ2v) is 3.89. The van der Waals surface area contributed by atoms with E-state index in [1.165, 1.54) is 0 Å². The van der Waals surface area contributed by atoms with Crippen molar-refractivity contribution in [2.24, 2.45) is 0 Å². The van der Waals surface area contributed by atoms with Gasteiger partial charge in [-0.05, 0) is 31.0 Å². The summed E-state index contributed by atoms with van der Waals surface area (Å²) in [7, 11) is 0. The average Bonchev–Trinajstić information content (AvgIpc) is 2.28. The van der Waals surface area contributed by atoms with Gasteiger partial charge < -0.3 is 16.2 Å². The summed E-state index contributed by atoms with van der Waals surface area (Å²) in [5, 5.41) is 11.5. The third-order valence-corrected chi connectivity index (χ3v) is 2.30. The molecule has 0 aliphatic heterocycles. The molecule has 88 valence electrons. The Labute approximate surface area is 95.5 Å². The molecule has 1 aromatic rings. The van der Waals surface area contributed by atoms with Crippen LogP contribution in [-0.2, 0) is 11.2 Å². The van der Waals surface area contributed by atoms with Gasteiger partial charge in [-0.3, -0.25) is 4.79 Å². The van der Waals surface area contributed by atoms with Crippen LogP contribution in [0.1, 0.15) is 18.9 Å². The van der Waals surface area contributed by atoms with Gasteiger partial charge in [0, 0.05) is 18.2 Å². The molecule has 0 saturated heterocycles. The molecule has 0 fully saturated rings. The molecular formula is C12H18N2O2. The highest BCUT2D eigenvalue weighted by atomic mass is 16.3. The number of hydrogen-bond donors (Lipinski definition) is 3. The van der Waals surface area contributed by atoms with Crippen molar-refractivity contribution in [1.82, 2.24) is 5.32 Å². The Morgan fingerprint density at radius 3 is 2.62 bits per heavy atom. The summed E-state index contributed by atoms with van der Waals surface area (Å²) < 4.78 is 0. The van der Waals surface area contributed by atoms with Crippen LogP contribution in [0.4, 0.5) is 5.69 Å². The summed E-state index contributed by atoms with van der Waals surface area (Å²) in [6, 6.07) is 7.29. The molecule has 0 spiro atoms. The maximum absolute atomic E-state index is 11.4. The first-order valence-corrected chi connectivity index (χ1v) is 5.36. The lowest BCUT2D eigenvalue weighted by Crippen LogP contribution is -2.35. The second kappa shape index (κ2) is 6.12. The number of aliphatic hydroxyl groups excluding tert-OH is 1. The van der Waals surface area contributed by atoms with Gasteiger partial charge in [0.25, 0.3) is 0 Å². The maximum Gasteiger partial charge on any atom is 0.220 e. The van der Waals surface area contributed by atoms with Crippen molar-refractivity contribution in [3.8, 4) is 0 Å². The molecule has 1 aromatic carbocycles. The molecule has 0 unspecified atom stereocenters.